The van der Waals surface area contributed by atoms with Crippen LogP contribution in [0.5, 0.6) is 0 Å². The lowest BCUT2D eigenvalue weighted by atomic mass is 10.1. The first-order valence-corrected chi connectivity index (χ1v) is 9.03. The van der Waals surface area contributed by atoms with E-state index in [0.29, 0.717) is 30.4 Å². The van der Waals surface area contributed by atoms with E-state index in [0.717, 1.165) is 12.1 Å². The number of imidazole rings is 1. The van der Waals surface area contributed by atoms with E-state index in [1.165, 1.54) is 6.07 Å². The third kappa shape index (κ3) is 5.84. The third-order valence-electron chi connectivity index (χ3n) is 4.13. The van der Waals surface area contributed by atoms with Gasteiger partial charge in [-0.15, -0.1) is 0 Å². The van der Waals surface area contributed by atoms with Crippen LogP contribution in [0.1, 0.15) is 44.6 Å². The van der Waals surface area contributed by atoms with Gasteiger partial charge in [-0.2, -0.15) is 13.2 Å². The Morgan fingerprint density at radius 2 is 1.93 bits per heavy atom. The number of amides is 1. The molecule has 0 spiro atoms. The van der Waals surface area contributed by atoms with Crippen LogP contribution in [-0.2, 0) is 24.1 Å². The number of hydrogen-bond donors (Lipinski definition) is 0. The summed E-state index contributed by atoms with van der Waals surface area (Å²) in [5, 5.41) is 0. The molecule has 0 saturated carbocycles. The molecular weight excluding hydrogens is 355 g/mol. The molecule has 148 valence electrons. The van der Waals surface area contributed by atoms with Crippen LogP contribution in [-0.4, -0.2) is 26.9 Å². The highest BCUT2D eigenvalue weighted by Crippen LogP contribution is 2.29. The molecule has 2 aromatic rings. The van der Waals surface area contributed by atoms with Gasteiger partial charge in [0.1, 0.15) is 5.82 Å². The summed E-state index contributed by atoms with van der Waals surface area (Å²) in [7, 11) is 0. The molecule has 0 saturated heterocycles. The van der Waals surface area contributed by atoms with E-state index in [1.807, 2.05) is 27.7 Å². The molecule has 1 heterocycles. The maximum absolute atomic E-state index is 12.9. The Morgan fingerprint density at radius 3 is 2.52 bits per heavy atom. The first-order chi connectivity index (χ1) is 12.6. The highest BCUT2D eigenvalue weighted by atomic mass is 19.4. The molecule has 1 amide bonds. The second-order valence-electron chi connectivity index (χ2n) is 7.44. The van der Waals surface area contributed by atoms with E-state index in [4.69, 9.17) is 0 Å². The van der Waals surface area contributed by atoms with Gasteiger partial charge in [0, 0.05) is 31.4 Å². The van der Waals surface area contributed by atoms with Gasteiger partial charge in [0.2, 0.25) is 5.91 Å². The van der Waals surface area contributed by atoms with Gasteiger partial charge in [0.05, 0.1) is 12.1 Å². The van der Waals surface area contributed by atoms with E-state index in [-0.39, 0.29) is 18.4 Å². The second-order valence-corrected chi connectivity index (χ2v) is 7.44. The van der Waals surface area contributed by atoms with Crippen LogP contribution in [0.3, 0.4) is 0 Å². The first-order valence-electron chi connectivity index (χ1n) is 9.03. The van der Waals surface area contributed by atoms with Crippen LogP contribution in [0.25, 0.3) is 0 Å². The Bertz CT molecular complexity index is 766. The lowest BCUT2D eigenvalue weighted by Gasteiger charge is -2.26. The predicted octanol–water partition coefficient (Wildman–Crippen LogP) is 4.59. The Hall–Kier alpha value is -2.31. The number of nitrogens with zero attached hydrogens (tertiary/aromatic N) is 3. The number of aromatic nitrogens is 2. The summed E-state index contributed by atoms with van der Waals surface area (Å²) in [5.41, 5.74) is -0.132. The van der Waals surface area contributed by atoms with E-state index in [1.54, 1.807) is 27.9 Å². The predicted molar refractivity (Wildman–Crippen MR) is 97.9 cm³/mol. The number of carbonyl (C=O) groups is 1. The summed E-state index contributed by atoms with van der Waals surface area (Å²) in [5.74, 6) is 0.870. The average Bonchev–Trinajstić information content (AvgIpc) is 2.99. The monoisotopic (exact) mass is 381 g/mol. The fourth-order valence-corrected chi connectivity index (χ4v) is 2.89. The SMILES string of the molecule is CC(C)CN(Cc1nccn1Cc1cccc(C(F)(F)F)c1)C(=O)C(C)C. The maximum Gasteiger partial charge on any atom is 0.416 e. The van der Waals surface area contributed by atoms with Crippen molar-refractivity contribution >= 4 is 5.91 Å². The van der Waals surface area contributed by atoms with Crippen molar-refractivity contribution in [3.05, 3.63) is 53.6 Å². The molecule has 0 aliphatic rings. The number of alkyl halides is 3. The van der Waals surface area contributed by atoms with E-state index in [2.05, 4.69) is 4.98 Å². The minimum Gasteiger partial charge on any atom is -0.335 e. The normalized spacial score (nSPS) is 12.0. The Labute approximate surface area is 158 Å². The summed E-state index contributed by atoms with van der Waals surface area (Å²) < 4.78 is 40.5. The molecule has 0 unspecified atom stereocenters. The van der Waals surface area contributed by atoms with Gasteiger partial charge in [-0.1, -0.05) is 39.8 Å². The fourth-order valence-electron chi connectivity index (χ4n) is 2.89. The number of halogens is 3. The highest BCUT2D eigenvalue weighted by Gasteiger charge is 2.30. The molecule has 0 aliphatic heterocycles. The number of hydrogen-bond acceptors (Lipinski definition) is 2. The summed E-state index contributed by atoms with van der Waals surface area (Å²) in [6.45, 7) is 8.99. The lowest BCUT2D eigenvalue weighted by Crippen LogP contribution is -2.37. The Balaban J connectivity index is 2.21. The van der Waals surface area contributed by atoms with Crippen LogP contribution in [0.15, 0.2) is 36.7 Å². The standard InChI is InChI=1S/C20H26F3N3O/c1-14(2)11-26(19(27)15(3)4)13-18-24-8-9-25(18)12-16-6-5-7-17(10-16)20(21,22)23/h5-10,14-15H,11-13H2,1-4H3. The molecule has 1 aromatic heterocycles. The van der Waals surface area contributed by atoms with E-state index >= 15 is 0 Å². The van der Waals surface area contributed by atoms with Gasteiger partial charge in [0.15, 0.2) is 0 Å². The number of benzene rings is 1. The summed E-state index contributed by atoms with van der Waals surface area (Å²) >= 11 is 0. The molecule has 2 rings (SSSR count). The maximum atomic E-state index is 12.9. The van der Waals surface area contributed by atoms with Crippen molar-refractivity contribution in [1.29, 1.82) is 0 Å². The molecule has 27 heavy (non-hydrogen) atoms. The first kappa shape index (κ1) is 21.0. The molecule has 0 aliphatic carbocycles. The summed E-state index contributed by atoms with van der Waals surface area (Å²) in [4.78, 5) is 18.6. The van der Waals surface area contributed by atoms with Crippen LogP contribution in [0.4, 0.5) is 13.2 Å². The smallest absolute Gasteiger partial charge is 0.335 e. The van der Waals surface area contributed by atoms with Crippen LogP contribution >= 0.6 is 0 Å². The van der Waals surface area contributed by atoms with Crippen LogP contribution < -0.4 is 0 Å². The zero-order valence-corrected chi connectivity index (χ0v) is 16.1. The van der Waals surface area contributed by atoms with Gasteiger partial charge in [-0.3, -0.25) is 4.79 Å². The minimum atomic E-state index is -4.37. The summed E-state index contributed by atoms with van der Waals surface area (Å²) in [6.07, 6.45) is -1.04. The lowest BCUT2D eigenvalue weighted by molar-refractivity contribution is -0.137. The van der Waals surface area contributed by atoms with Crippen LogP contribution in [0, 0.1) is 11.8 Å². The highest BCUT2D eigenvalue weighted by molar-refractivity contribution is 5.78. The van der Waals surface area contributed by atoms with E-state index < -0.39 is 11.7 Å². The quantitative estimate of drug-likeness (QED) is 0.704. The molecule has 0 bridgehead atoms. The van der Waals surface area contributed by atoms with Crippen molar-refractivity contribution in [3.8, 4) is 0 Å². The van der Waals surface area contributed by atoms with Crippen molar-refractivity contribution in [2.45, 2.75) is 47.0 Å². The molecule has 0 N–H and O–H groups in total. The van der Waals surface area contributed by atoms with E-state index in [9.17, 15) is 18.0 Å². The molecular formula is C20H26F3N3O. The van der Waals surface area contributed by atoms with Crippen molar-refractivity contribution in [1.82, 2.24) is 14.5 Å². The van der Waals surface area contributed by atoms with Crippen molar-refractivity contribution in [2.75, 3.05) is 6.54 Å². The number of rotatable bonds is 7. The molecule has 0 radical (unpaired) electrons. The van der Waals surface area contributed by atoms with Gasteiger partial charge in [-0.05, 0) is 23.6 Å². The molecule has 4 nitrogen and oxygen atoms in total. The fraction of sp³-hybridized carbons (Fsp3) is 0.500. The largest absolute Gasteiger partial charge is 0.416 e. The van der Waals surface area contributed by atoms with Crippen molar-refractivity contribution in [2.24, 2.45) is 11.8 Å². The van der Waals surface area contributed by atoms with Crippen molar-refractivity contribution < 1.29 is 18.0 Å². The second kappa shape index (κ2) is 8.59. The van der Waals surface area contributed by atoms with Gasteiger partial charge in [0.25, 0.3) is 0 Å². The molecule has 0 fully saturated rings. The molecule has 1 aromatic carbocycles. The number of carbonyl (C=O) groups excluding carboxylic acids is 1. The molecule has 7 heteroatoms. The zero-order chi connectivity index (χ0) is 20.2. The Kier molecular flexibility index (Phi) is 6.68. The van der Waals surface area contributed by atoms with Crippen LogP contribution in [0.2, 0.25) is 0 Å². The topological polar surface area (TPSA) is 38.1 Å². The van der Waals surface area contributed by atoms with Gasteiger partial charge < -0.3 is 9.47 Å². The molecule has 0 atom stereocenters. The Morgan fingerprint density at radius 1 is 1.22 bits per heavy atom. The van der Waals surface area contributed by atoms with Gasteiger partial charge in [-0.25, -0.2) is 4.98 Å². The zero-order valence-electron chi connectivity index (χ0n) is 16.1. The van der Waals surface area contributed by atoms with Gasteiger partial charge >= 0.3 is 6.18 Å². The third-order valence-corrected chi connectivity index (χ3v) is 4.13. The average molecular weight is 381 g/mol. The van der Waals surface area contributed by atoms with Crippen molar-refractivity contribution in [3.63, 3.8) is 0 Å². The summed E-state index contributed by atoms with van der Waals surface area (Å²) in [6, 6.07) is 5.27. The minimum absolute atomic E-state index is 0.0392.